The third-order valence-electron chi connectivity index (χ3n) is 4.35. The number of para-hydroxylation sites is 1. The van der Waals surface area contributed by atoms with Crippen molar-refractivity contribution in [1.29, 1.82) is 0 Å². The minimum absolute atomic E-state index is 0.0529. The van der Waals surface area contributed by atoms with Gasteiger partial charge in [0.1, 0.15) is 0 Å². The summed E-state index contributed by atoms with van der Waals surface area (Å²) >= 11 is 0. The van der Waals surface area contributed by atoms with Crippen molar-refractivity contribution in [3.63, 3.8) is 0 Å². The zero-order valence-electron chi connectivity index (χ0n) is 16.1. The molecule has 2 N–H and O–H groups in total. The average Bonchev–Trinajstić information content (AvgIpc) is 2.96. The van der Waals surface area contributed by atoms with E-state index >= 15 is 0 Å². The van der Waals surface area contributed by atoms with E-state index in [2.05, 4.69) is 10.2 Å². The molecule has 150 valence electrons. The summed E-state index contributed by atoms with van der Waals surface area (Å²) in [5.74, 6) is -0.879. The number of aromatic nitrogens is 1. The molecule has 1 aromatic heterocycles. The molecule has 0 radical (unpaired) electrons. The van der Waals surface area contributed by atoms with E-state index in [-0.39, 0.29) is 29.6 Å². The van der Waals surface area contributed by atoms with Gasteiger partial charge in [0.2, 0.25) is 11.8 Å². The number of hydrogen-bond donors (Lipinski definition) is 2. The van der Waals surface area contributed by atoms with Crippen LogP contribution in [0.3, 0.4) is 0 Å². The van der Waals surface area contributed by atoms with Crippen LogP contribution in [0, 0.1) is 5.92 Å². The summed E-state index contributed by atoms with van der Waals surface area (Å²) in [5.41, 5.74) is 0.257. The Morgan fingerprint density at radius 1 is 0.966 bits per heavy atom. The molecule has 3 rings (SSSR count). The third-order valence-corrected chi connectivity index (χ3v) is 4.35. The highest BCUT2D eigenvalue weighted by atomic mass is 16.5. The van der Waals surface area contributed by atoms with Crippen LogP contribution in [0.2, 0.25) is 0 Å². The number of benzene rings is 2. The first kappa shape index (κ1) is 20.1. The largest absolute Gasteiger partial charge is 0.494 e. The second-order valence-corrected chi connectivity index (χ2v) is 6.85. The molecule has 0 aliphatic rings. The molecular weight excluding hydrogens is 374 g/mol. The van der Waals surface area contributed by atoms with Crippen LogP contribution in [0.25, 0.3) is 16.5 Å². The summed E-state index contributed by atoms with van der Waals surface area (Å²) < 4.78 is 6.04. The lowest BCUT2D eigenvalue weighted by molar-refractivity contribution is 0.0987. The summed E-state index contributed by atoms with van der Waals surface area (Å²) in [6, 6.07) is 13.0. The first-order chi connectivity index (χ1) is 13.9. The number of rotatable bonds is 5. The number of aromatic hydroxyl groups is 2. The molecule has 0 fully saturated rings. The van der Waals surface area contributed by atoms with Gasteiger partial charge >= 0.3 is 6.09 Å². The molecule has 1 heterocycles. The normalized spacial score (nSPS) is 11.4. The second-order valence-electron chi connectivity index (χ2n) is 6.85. The molecule has 0 aliphatic heterocycles. The molecule has 2 amide bonds. The molecule has 0 spiro atoms. The number of hydrogen-bond acceptors (Lipinski definition) is 5. The second kappa shape index (κ2) is 8.55. The Bertz CT molecular complexity index is 1050. The van der Waals surface area contributed by atoms with Crippen molar-refractivity contribution in [2.24, 2.45) is 16.1 Å². The van der Waals surface area contributed by atoms with Crippen LogP contribution in [0.15, 0.2) is 58.8 Å². The maximum atomic E-state index is 12.5. The lowest BCUT2D eigenvalue weighted by atomic mass is 10.1. The van der Waals surface area contributed by atoms with Crippen molar-refractivity contribution in [2.75, 3.05) is 6.61 Å². The summed E-state index contributed by atoms with van der Waals surface area (Å²) in [7, 11) is 0. The fourth-order valence-corrected chi connectivity index (χ4v) is 2.84. The number of carbonyl (C=O) groups excluding carboxylic acids is 2. The van der Waals surface area contributed by atoms with Gasteiger partial charge < -0.3 is 14.9 Å². The van der Waals surface area contributed by atoms with Gasteiger partial charge in [0, 0.05) is 10.8 Å². The summed E-state index contributed by atoms with van der Waals surface area (Å²) in [5, 5.41) is 28.7. The topological polar surface area (TPSA) is 113 Å². The maximum Gasteiger partial charge on any atom is 0.452 e. The Hall–Kier alpha value is -3.68. The van der Waals surface area contributed by atoms with E-state index in [4.69, 9.17) is 4.74 Å². The fraction of sp³-hybridized carbons (Fsp3) is 0.238. The van der Waals surface area contributed by atoms with Gasteiger partial charge in [0.25, 0.3) is 5.91 Å². The number of fused-ring (bicyclic) bond motifs is 1. The van der Waals surface area contributed by atoms with Crippen molar-refractivity contribution in [3.8, 4) is 17.4 Å². The lowest BCUT2D eigenvalue weighted by Crippen LogP contribution is -2.06. The van der Waals surface area contributed by atoms with Gasteiger partial charge in [-0.2, -0.15) is 0 Å². The van der Waals surface area contributed by atoms with Crippen LogP contribution in [-0.2, 0) is 4.74 Å². The SMILES string of the molecule is CC(C)CCOC(=O)N=NC(=O)c1ccccc1-n1c(O)c2ccccc2c1O. The molecule has 8 nitrogen and oxygen atoms in total. The van der Waals surface area contributed by atoms with Gasteiger partial charge in [0.05, 0.1) is 17.9 Å². The van der Waals surface area contributed by atoms with Crippen molar-refractivity contribution < 1.29 is 24.5 Å². The van der Waals surface area contributed by atoms with Gasteiger partial charge in [-0.1, -0.05) is 48.3 Å². The first-order valence-electron chi connectivity index (χ1n) is 9.13. The number of amides is 2. The van der Waals surface area contributed by atoms with Crippen molar-refractivity contribution in [1.82, 2.24) is 4.57 Å². The molecule has 3 aromatic rings. The molecular formula is C21H21N3O5. The molecule has 0 bridgehead atoms. The smallest absolute Gasteiger partial charge is 0.452 e. The maximum absolute atomic E-state index is 12.5. The highest BCUT2D eigenvalue weighted by Crippen LogP contribution is 2.39. The van der Waals surface area contributed by atoms with E-state index in [9.17, 15) is 19.8 Å². The number of nitrogens with zero attached hydrogens (tertiary/aromatic N) is 3. The van der Waals surface area contributed by atoms with E-state index in [1.54, 1.807) is 42.5 Å². The number of azo groups is 1. The first-order valence-corrected chi connectivity index (χ1v) is 9.13. The van der Waals surface area contributed by atoms with Crippen LogP contribution >= 0.6 is 0 Å². The van der Waals surface area contributed by atoms with Crippen LogP contribution in [0.1, 0.15) is 30.6 Å². The third kappa shape index (κ3) is 4.26. The molecule has 0 unspecified atom stereocenters. The van der Waals surface area contributed by atoms with Gasteiger partial charge in [0.15, 0.2) is 0 Å². The summed E-state index contributed by atoms with van der Waals surface area (Å²) in [4.78, 5) is 24.1. The van der Waals surface area contributed by atoms with Crippen molar-refractivity contribution in [2.45, 2.75) is 20.3 Å². The Morgan fingerprint density at radius 2 is 1.55 bits per heavy atom. The van der Waals surface area contributed by atoms with E-state index in [0.29, 0.717) is 23.1 Å². The Balaban J connectivity index is 1.89. The van der Waals surface area contributed by atoms with Gasteiger partial charge in [-0.25, -0.2) is 9.36 Å². The highest BCUT2D eigenvalue weighted by molar-refractivity contribution is 6.00. The minimum Gasteiger partial charge on any atom is -0.494 e. The van der Waals surface area contributed by atoms with Crippen LogP contribution < -0.4 is 0 Å². The number of carbonyl (C=O) groups is 2. The zero-order chi connectivity index (χ0) is 21.0. The van der Waals surface area contributed by atoms with Crippen molar-refractivity contribution >= 4 is 22.8 Å². The van der Waals surface area contributed by atoms with Crippen LogP contribution in [0.4, 0.5) is 4.79 Å². The van der Waals surface area contributed by atoms with E-state index < -0.39 is 12.0 Å². The Morgan fingerprint density at radius 3 is 2.17 bits per heavy atom. The van der Waals surface area contributed by atoms with Gasteiger partial charge in [-0.15, -0.1) is 0 Å². The monoisotopic (exact) mass is 395 g/mol. The predicted octanol–water partition coefficient (Wildman–Crippen LogP) is 4.82. The molecule has 0 atom stereocenters. The quantitative estimate of drug-likeness (QED) is 0.602. The lowest BCUT2D eigenvalue weighted by Gasteiger charge is -2.10. The molecule has 0 aliphatic carbocycles. The molecule has 0 saturated heterocycles. The van der Waals surface area contributed by atoms with Crippen molar-refractivity contribution in [3.05, 3.63) is 54.1 Å². The van der Waals surface area contributed by atoms with E-state index in [1.807, 2.05) is 13.8 Å². The Kier molecular flexibility index (Phi) is 5.92. The standard InChI is InChI=1S/C21H21N3O5/c1-13(2)11-12-29-21(28)23-22-18(25)16-9-5-6-10-17(16)24-19(26)14-7-3-4-8-15(14)20(24)27/h3-10,13,26-27H,11-12H2,1-2H3. The molecule has 2 aromatic carbocycles. The number of ether oxygens (including phenoxy) is 1. The van der Waals surface area contributed by atoms with Crippen LogP contribution in [0.5, 0.6) is 11.8 Å². The van der Waals surface area contributed by atoms with E-state index in [0.717, 1.165) is 4.57 Å². The summed E-state index contributed by atoms with van der Waals surface area (Å²) in [6.45, 7) is 4.18. The highest BCUT2D eigenvalue weighted by Gasteiger charge is 2.21. The van der Waals surface area contributed by atoms with E-state index in [1.165, 1.54) is 6.07 Å². The fourth-order valence-electron chi connectivity index (χ4n) is 2.84. The molecule has 29 heavy (non-hydrogen) atoms. The average molecular weight is 395 g/mol. The predicted molar refractivity (Wildman–Crippen MR) is 107 cm³/mol. The van der Waals surface area contributed by atoms with Gasteiger partial charge in [-0.05, 0) is 36.6 Å². The molecule has 0 saturated carbocycles. The zero-order valence-corrected chi connectivity index (χ0v) is 16.1. The summed E-state index contributed by atoms with van der Waals surface area (Å²) in [6.07, 6.45) is -0.272. The molecule has 8 heteroatoms. The van der Waals surface area contributed by atoms with Crippen LogP contribution in [-0.4, -0.2) is 33.4 Å². The minimum atomic E-state index is -0.950. The van der Waals surface area contributed by atoms with Gasteiger partial charge in [-0.3, -0.25) is 4.79 Å². The Labute approximate surface area is 167 Å².